The maximum absolute atomic E-state index is 5.87. The molecule has 1 N–H and O–H groups in total. The molecule has 1 aliphatic heterocycles. The zero-order valence-electron chi connectivity index (χ0n) is 12.6. The monoisotopic (exact) mass is 297 g/mol. The molecule has 3 heterocycles. The molecule has 0 amide bonds. The Hall–Kier alpha value is -2.18. The lowest BCUT2D eigenvalue weighted by Gasteiger charge is -2.32. The number of benzene rings is 1. The van der Waals surface area contributed by atoms with Crippen LogP contribution in [0.1, 0.15) is 17.5 Å². The number of H-pyrrole nitrogens is 1. The maximum atomic E-state index is 5.87. The minimum absolute atomic E-state index is 0.0101. The van der Waals surface area contributed by atoms with Crippen LogP contribution in [0.5, 0.6) is 0 Å². The number of rotatable bonds is 3. The Balaban J connectivity index is 1.53. The van der Waals surface area contributed by atoms with E-state index in [1.807, 2.05) is 17.8 Å². The van der Waals surface area contributed by atoms with Gasteiger partial charge in [-0.1, -0.05) is 18.2 Å². The van der Waals surface area contributed by atoms with Crippen molar-refractivity contribution in [1.29, 1.82) is 0 Å². The van der Waals surface area contributed by atoms with Gasteiger partial charge < -0.3 is 14.3 Å². The van der Waals surface area contributed by atoms with E-state index in [9.17, 15) is 0 Å². The minimum atomic E-state index is -0.0101. The van der Waals surface area contributed by atoms with Crippen LogP contribution < -0.4 is 0 Å². The Morgan fingerprint density at radius 1 is 1.36 bits per heavy atom. The molecular weight excluding hydrogens is 278 g/mol. The fourth-order valence-corrected chi connectivity index (χ4v) is 3.11. The molecule has 22 heavy (non-hydrogen) atoms. The Morgan fingerprint density at radius 2 is 2.32 bits per heavy atom. The van der Waals surface area contributed by atoms with Crippen LogP contribution in [-0.2, 0) is 18.3 Å². The van der Waals surface area contributed by atoms with Crippen molar-refractivity contribution in [2.45, 2.75) is 12.6 Å². The van der Waals surface area contributed by atoms with Gasteiger partial charge in [0.25, 0.3) is 0 Å². The summed E-state index contributed by atoms with van der Waals surface area (Å²) in [5, 5.41) is 9.39. The van der Waals surface area contributed by atoms with Crippen LogP contribution in [0.25, 0.3) is 10.9 Å². The quantitative estimate of drug-likeness (QED) is 0.802. The molecule has 1 aliphatic rings. The van der Waals surface area contributed by atoms with Gasteiger partial charge in [-0.15, -0.1) is 10.2 Å². The number of morpholine rings is 1. The molecule has 1 fully saturated rings. The van der Waals surface area contributed by atoms with Gasteiger partial charge in [-0.05, 0) is 17.0 Å². The number of nitrogens with one attached hydrogen (secondary N) is 1. The molecular formula is C16H19N5O. The number of nitrogens with zero attached hydrogens (tertiary/aromatic N) is 4. The molecule has 6 nitrogen and oxygen atoms in total. The fraction of sp³-hybridized carbons (Fsp3) is 0.375. The van der Waals surface area contributed by atoms with Crippen LogP contribution in [0.2, 0.25) is 0 Å². The van der Waals surface area contributed by atoms with Crippen LogP contribution in [-0.4, -0.2) is 44.3 Å². The predicted octanol–water partition coefficient (Wildman–Crippen LogP) is 1.87. The summed E-state index contributed by atoms with van der Waals surface area (Å²) in [7, 11) is 1.96. The number of ether oxygens (including phenoxy) is 1. The molecule has 0 radical (unpaired) electrons. The highest BCUT2D eigenvalue weighted by molar-refractivity contribution is 5.82. The van der Waals surface area contributed by atoms with Gasteiger partial charge in [-0.2, -0.15) is 0 Å². The first-order valence-corrected chi connectivity index (χ1v) is 7.54. The van der Waals surface area contributed by atoms with E-state index in [1.165, 1.54) is 16.5 Å². The summed E-state index contributed by atoms with van der Waals surface area (Å²) in [6, 6.07) is 8.55. The lowest BCUT2D eigenvalue weighted by atomic mass is 10.1. The van der Waals surface area contributed by atoms with E-state index in [4.69, 9.17) is 4.74 Å². The Morgan fingerprint density at radius 3 is 3.18 bits per heavy atom. The number of fused-ring (bicyclic) bond motifs is 1. The van der Waals surface area contributed by atoms with Crippen LogP contribution in [0.4, 0.5) is 0 Å². The molecule has 1 aromatic carbocycles. The molecule has 1 atom stereocenters. The Labute approximate surface area is 128 Å². The molecule has 4 rings (SSSR count). The minimum Gasteiger partial charge on any atom is -0.368 e. The maximum Gasteiger partial charge on any atom is 0.163 e. The molecule has 0 unspecified atom stereocenters. The lowest BCUT2D eigenvalue weighted by Crippen LogP contribution is -2.38. The Kier molecular flexibility index (Phi) is 3.40. The number of hydrogen-bond donors (Lipinski definition) is 1. The normalized spacial score (nSPS) is 19.8. The summed E-state index contributed by atoms with van der Waals surface area (Å²) in [5.41, 5.74) is 2.55. The molecule has 0 saturated carbocycles. The van der Waals surface area contributed by atoms with E-state index in [1.54, 1.807) is 6.33 Å². The molecule has 0 aliphatic carbocycles. The van der Waals surface area contributed by atoms with Crippen molar-refractivity contribution >= 4 is 10.9 Å². The smallest absolute Gasteiger partial charge is 0.163 e. The summed E-state index contributed by atoms with van der Waals surface area (Å²) in [6.45, 7) is 3.41. The van der Waals surface area contributed by atoms with Crippen molar-refractivity contribution in [2.75, 3.05) is 19.7 Å². The van der Waals surface area contributed by atoms with Crippen LogP contribution in [0.15, 0.2) is 36.8 Å². The van der Waals surface area contributed by atoms with E-state index in [2.05, 4.69) is 44.3 Å². The van der Waals surface area contributed by atoms with Crippen LogP contribution in [0, 0.1) is 0 Å². The summed E-state index contributed by atoms with van der Waals surface area (Å²) in [6.07, 6.45) is 3.71. The summed E-state index contributed by atoms with van der Waals surface area (Å²) < 4.78 is 7.80. The number of aromatic amines is 1. The number of aryl methyl sites for hydroxylation is 1. The highest BCUT2D eigenvalue weighted by Crippen LogP contribution is 2.23. The van der Waals surface area contributed by atoms with E-state index < -0.39 is 0 Å². The van der Waals surface area contributed by atoms with Crippen molar-refractivity contribution in [1.82, 2.24) is 24.6 Å². The zero-order valence-corrected chi connectivity index (χ0v) is 12.6. The van der Waals surface area contributed by atoms with Gasteiger partial charge in [0.2, 0.25) is 0 Å². The molecule has 114 valence electrons. The Bertz CT molecular complexity index is 778. The topological polar surface area (TPSA) is 59.0 Å². The largest absolute Gasteiger partial charge is 0.368 e. The number of para-hydroxylation sites is 1. The van der Waals surface area contributed by atoms with Crippen molar-refractivity contribution < 1.29 is 4.74 Å². The third kappa shape index (κ3) is 2.40. The van der Waals surface area contributed by atoms with E-state index in [0.29, 0.717) is 0 Å². The standard InChI is InChI=1S/C16H19N5O/c1-20-11-18-19-16(20)14-10-21(7-8-22-14)9-13-4-2-3-12-5-6-17-15(12)13/h2-6,11,14,17H,7-10H2,1H3/t14-/m0/s1. The van der Waals surface area contributed by atoms with Crippen LogP contribution >= 0.6 is 0 Å². The third-order valence-electron chi connectivity index (χ3n) is 4.25. The van der Waals surface area contributed by atoms with Crippen LogP contribution in [0.3, 0.4) is 0 Å². The van der Waals surface area contributed by atoms with Crippen molar-refractivity contribution in [3.8, 4) is 0 Å². The van der Waals surface area contributed by atoms with E-state index in [0.717, 1.165) is 32.1 Å². The van der Waals surface area contributed by atoms with Gasteiger partial charge >= 0.3 is 0 Å². The molecule has 0 bridgehead atoms. The van der Waals surface area contributed by atoms with Gasteiger partial charge in [0.15, 0.2) is 5.82 Å². The van der Waals surface area contributed by atoms with Gasteiger partial charge in [-0.25, -0.2) is 0 Å². The highest BCUT2D eigenvalue weighted by Gasteiger charge is 2.25. The summed E-state index contributed by atoms with van der Waals surface area (Å²) >= 11 is 0. The van der Waals surface area contributed by atoms with Gasteiger partial charge in [-0.3, -0.25) is 4.90 Å². The summed E-state index contributed by atoms with van der Waals surface area (Å²) in [5.74, 6) is 0.891. The lowest BCUT2D eigenvalue weighted by molar-refractivity contribution is -0.0384. The molecule has 6 heteroatoms. The first-order chi connectivity index (χ1) is 10.8. The van der Waals surface area contributed by atoms with Gasteiger partial charge in [0.1, 0.15) is 12.4 Å². The fourth-order valence-electron chi connectivity index (χ4n) is 3.11. The number of hydrogen-bond acceptors (Lipinski definition) is 4. The van der Waals surface area contributed by atoms with E-state index >= 15 is 0 Å². The number of aromatic nitrogens is 4. The van der Waals surface area contributed by atoms with E-state index in [-0.39, 0.29) is 6.10 Å². The molecule has 0 spiro atoms. The van der Waals surface area contributed by atoms with Crippen molar-refractivity contribution in [2.24, 2.45) is 7.05 Å². The second-order valence-electron chi connectivity index (χ2n) is 5.75. The summed E-state index contributed by atoms with van der Waals surface area (Å²) in [4.78, 5) is 5.76. The van der Waals surface area contributed by atoms with Gasteiger partial charge in [0, 0.05) is 38.4 Å². The molecule has 2 aromatic heterocycles. The SMILES string of the molecule is Cn1cnnc1[C@@H]1CN(Cc2cccc3cc[nH]c23)CCO1. The predicted molar refractivity (Wildman–Crippen MR) is 83.3 cm³/mol. The molecule has 1 saturated heterocycles. The second-order valence-corrected chi connectivity index (χ2v) is 5.75. The van der Waals surface area contributed by atoms with Crippen molar-refractivity contribution in [3.63, 3.8) is 0 Å². The van der Waals surface area contributed by atoms with Crippen molar-refractivity contribution in [3.05, 3.63) is 48.2 Å². The second kappa shape index (κ2) is 5.55. The average molecular weight is 297 g/mol. The average Bonchev–Trinajstić information content (AvgIpc) is 3.17. The zero-order chi connectivity index (χ0) is 14.9. The molecule has 3 aromatic rings. The first kappa shape index (κ1) is 13.5. The third-order valence-corrected chi connectivity index (χ3v) is 4.25. The first-order valence-electron chi connectivity index (χ1n) is 7.54. The highest BCUT2D eigenvalue weighted by atomic mass is 16.5. The van der Waals surface area contributed by atoms with Gasteiger partial charge in [0.05, 0.1) is 6.61 Å².